The third-order valence-electron chi connectivity index (χ3n) is 4.55. The van der Waals surface area contributed by atoms with Crippen molar-refractivity contribution in [3.8, 4) is 0 Å². The molecule has 0 spiro atoms. The van der Waals surface area contributed by atoms with Crippen LogP contribution in [0, 0.1) is 34.1 Å². The predicted octanol–water partition coefficient (Wildman–Crippen LogP) is 4.60. The smallest absolute Gasteiger partial charge is 0.273 e. The molecule has 0 aliphatic carbocycles. The lowest BCUT2D eigenvalue weighted by atomic mass is 9.84. The number of carbonyl (C=O) groups excluding carboxylic acids is 1. The molecule has 0 aromatic heterocycles. The van der Waals surface area contributed by atoms with E-state index in [1.807, 2.05) is 0 Å². The molecule has 0 radical (unpaired) electrons. The number of Topliss-reactive ketones (excluding diaryl/α,β-unsaturated/α-hetero) is 1. The Balaban J connectivity index is 2.47. The van der Waals surface area contributed by atoms with Gasteiger partial charge >= 0.3 is 0 Å². The highest BCUT2D eigenvalue weighted by Gasteiger charge is 2.31. The standard InChI is InChI=1S/C19H20N2O5/c1-11-5-7-17(20(23)24)15(9-11)13(3)19(22)14(4)16-10-12(2)6-8-18(16)21(25)26/h5-10,13-14H,1-4H3. The number of ketones is 1. The van der Waals surface area contributed by atoms with E-state index in [0.717, 1.165) is 11.1 Å². The van der Waals surface area contributed by atoms with Crippen LogP contribution in [0.15, 0.2) is 36.4 Å². The second-order valence-corrected chi connectivity index (χ2v) is 6.48. The second kappa shape index (κ2) is 7.43. The zero-order chi connectivity index (χ0) is 19.6. The van der Waals surface area contributed by atoms with Gasteiger partial charge in [-0.15, -0.1) is 0 Å². The topological polar surface area (TPSA) is 103 Å². The van der Waals surface area contributed by atoms with Gasteiger partial charge in [-0.05, 0) is 26.0 Å². The van der Waals surface area contributed by atoms with Crippen LogP contribution in [-0.2, 0) is 4.79 Å². The minimum Gasteiger partial charge on any atom is -0.298 e. The summed E-state index contributed by atoms with van der Waals surface area (Å²) in [6.07, 6.45) is 0. The zero-order valence-electron chi connectivity index (χ0n) is 15.1. The van der Waals surface area contributed by atoms with Gasteiger partial charge in [0.25, 0.3) is 11.4 Å². The van der Waals surface area contributed by atoms with Crippen molar-refractivity contribution in [1.29, 1.82) is 0 Å². The monoisotopic (exact) mass is 356 g/mol. The van der Waals surface area contributed by atoms with Gasteiger partial charge in [-0.1, -0.05) is 37.1 Å². The minimum absolute atomic E-state index is 0.123. The van der Waals surface area contributed by atoms with Crippen LogP contribution in [0.5, 0.6) is 0 Å². The van der Waals surface area contributed by atoms with Crippen LogP contribution in [0.2, 0.25) is 0 Å². The van der Waals surface area contributed by atoms with Gasteiger partial charge in [-0.3, -0.25) is 25.0 Å². The Kier molecular flexibility index (Phi) is 5.50. The Morgan fingerprint density at radius 1 is 0.808 bits per heavy atom. The van der Waals surface area contributed by atoms with Gasteiger partial charge in [0, 0.05) is 35.1 Å². The van der Waals surface area contributed by atoms with E-state index in [-0.39, 0.29) is 17.2 Å². The molecule has 0 saturated carbocycles. The van der Waals surface area contributed by atoms with Gasteiger partial charge in [0.05, 0.1) is 9.85 Å². The number of rotatable bonds is 6. The van der Waals surface area contributed by atoms with E-state index >= 15 is 0 Å². The van der Waals surface area contributed by atoms with Crippen molar-refractivity contribution < 1.29 is 14.6 Å². The van der Waals surface area contributed by atoms with E-state index < -0.39 is 21.7 Å². The van der Waals surface area contributed by atoms with E-state index in [1.165, 1.54) is 12.1 Å². The summed E-state index contributed by atoms with van der Waals surface area (Å²) >= 11 is 0. The Morgan fingerprint density at radius 2 is 1.15 bits per heavy atom. The molecule has 0 aliphatic rings. The lowest BCUT2D eigenvalue weighted by Gasteiger charge is -2.18. The molecular weight excluding hydrogens is 336 g/mol. The molecule has 0 N–H and O–H groups in total. The Hall–Kier alpha value is -3.09. The average molecular weight is 356 g/mol. The van der Waals surface area contributed by atoms with Crippen molar-refractivity contribution in [2.45, 2.75) is 39.5 Å². The molecule has 0 heterocycles. The van der Waals surface area contributed by atoms with Crippen molar-refractivity contribution in [3.63, 3.8) is 0 Å². The van der Waals surface area contributed by atoms with Crippen LogP contribution >= 0.6 is 0 Å². The van der Waals surface area contributed by atoms with Gasteiger partial charge in [0.15, 0.2) is 0 Å². The van der Waals surface area contributed by atoms with Crippen LogP contribution in [-0.4, -0.2) is 15.6 Å². The minimum atomic E-state index is -0.759. The largest absolute Gasteiger partial charge is 0.298 e. The molecule has 26 heavy (non-hydrogen) atoms. The van der Waals surface area contributed by atoms with E-state index in [2.05, 4.69) is 0 Å². The first kappa shape index (κ1) is 19.2. The van der Waals surface area contributed by atoms with Gasteiger partial charge in [-0.2, -0.15) is 0 Å². The van der Waals surface area contributed by atoms with Crippen LogP contribution in [0.25, 0.3) is 0 Å². The molecule has 7 nitrogen and oxygen atoms in total. The van der Waals surface area contributed by atoms with Gasteiger partial charge in [0.1, 0.15) is 5.78 Å². The number of nitro benzene ring substituents is 2. The number of nitro groups is 2. The van der Waals surface area contributed by atoms with Crippen LogP contribution in [0.4, 0.5) is 11.4 Å². The number of hydrogen-bond acceptors (Lipinski definition) is 5. The first-order chi connectivity index (χ1) is 12.1. The fourth-order valence-electron chi connectivity index (χ4n) is 3.06. The molecule has 0 fully saturated rings. The molecule has 2 aromatic carbocycles. The molecule has 0 aliphatic heterocycles. The van der Waals surface area contributed by atoms with Crippen molar-refractivity contribution >= 4 is 17.2 Å². The van der Waals surface area contributed by atoms with Crippen LogP contribution < -0.4 is 0 Å². The normalized spacial score (nSPS) is 13.1. The Bertz CT molecular complexity index is 820. The van der Waals surface area contributed by atoms with Gasteiger partial charge in [-0.25, -0.2) is 0 Å². The number of benzene rings is 2. The quantitative estimate of drug-likeness (QED) is 0.556. The number of nitrogens with zero attached hydrogens (tertiary/aromatic N) is 2. The third kappa shape index (κ3) is 3.77. The molecular formula is C19H20N2O5. The Morgan fingerprint density at radius 3 is 1.46 bits per heavy atom. The lowest BCUT2D eigenvalue weighted by molar-refractivity contribution is -0.385. The average Bonchev–Trinajstić information content (AvgIpc) is 2.59. The number of carbonyl (C=O) groups is 1. The molecule has 0 amide bonds. The van der Waals surface area contributed by atoms with E-state index in [4.69, 9.17) is 0 Å². The summed E-state index contributed by atoms with van der Waals surface area (Å²) in [7, 11) is 0. The second-order valence-electron chi connectivity index (χ2n) is 6.48. The summed E-state index contributed by atoms with van der Waals surface area (Å²) in [5.74, 6) is -1.82. The molecule has 2 aromatic rings. The van der Waals surface area contributed by atoms with E-state index in [9.17, 15) is 25.0 Å². The number of aryl methyl sites for hydroxylation is 2. The summed E-state index contributed by atoms with van der Waals surface area (Å²) in [4.78, 5) is 34.5. The maximum Gasteiger partial charge on any atom is 0.273 e. The highest BCUT2D eigenvalue weighted by Crippen LogP contribution is 2.35. The molecule has 0 saturated heterocycles. The van der Waals surface area contributed by atoms with Crippen molar-refractivity contribution in [1.82, 2.24) is 0 Å². The zero-order valence-corrected chi connectivity index (χ0v) is 15.1. The molecule has 136 valence electrons. The van der Waals surface area contributed by atoms with Crippen LogP contribution in [0.3, 0.4) is 0 Å². The Labute approximate surface area is 151 Å². The van der Waals surface area contributed by atoms with Crippen molar-refractivity contribution in [2.24, 2.45) is 0 Å². The maximum absolute atomic E-state index is 13.0. The van der Waals surface area contributed by atoms with Crippen molar-refractivity contribution in [3.05, 3.63) is 78.9 Å². The molecule has 2 atom stereocenters. The summed E-state index contributed by atoms with van der Waals surface area (Å²) in [6.45, 7) is 6.78. The maximum atomic E-state index is 13.0. The van der Waals surface area contributed by atoms with Gasteiger partial charge in [0.2, 0.25) is 0 Å². The lowest BCUT2D eigenvalue weighted by Crippen LogP contribution is -2.18. The molecule has 7 heteroatoms. The first-order valence-corrected chi connectivity index (χ1v) is 8.17. The third-order valence-corrected chi connectivity index (χ3v) is 4.55. The van der Waals surface area contributed by atoms with Gasteiger partial charge < -0.3 is 0 Å². The SMILES string of the molecule is Cc1ccc([N+](=O)[O-])c(C(C)C(=O)C(C)c2cc(C)ccc2[N+](=O)[O-])c1. The molecule has 2 rings (SSSR count). The predicted molar refractivity (Wildman–Crippen MR) is 97.5 cm³/mol. The van der Waals surface area contributed by atoms with Crippen molar-refractivity contribution in [2.75, 3.05) is 0 Å². The summed E-state index contributed by atoms with van der Waals surface area (Å²) < 4.78 is 0. The fourth-order valence-corrected chi connectivity index (χ4v) is 3.06. The van der Waals surface area contributed by atoms with E-state index in [1.54, 1.807) is 52.0 Å². The highest BCUT2D eigenvalue weighted by atomic mass is 16.6. The first-order valence-electron chi connectivity index (χ1n) is 8.17. The van der Waals surface area contributed by atoms with Crippen LogP contribution in [0.1, 0.15) is 47.9 Å². The van der Waals surface area contributed by atoms with E-state index in [0.29, 0.717) is 11.1 Å². The summed E-state index contributed by atoms with van der Waals surface area (Å²) in [5, 5.41) is 22.6. The highest BCUT2D eigenvalue weighted by molar-refractivity contribution is 5.92. The fraction of sp³-hybridized carbons (Fsp3) is 0.316. The number of hydrogen-bond donors (Lipinski definition) is 0. The molecule has 2 unspecified atom stereocenters. The summed E-state index contributed by atoms with van der Waals surface area (Å²) in [6, 6.07) is 9.25. The summed E-state index contributed by atoms with van der Waals surface area (Å²) in [5.41, 5.74) is 2.01. The molecule has 0 bridgehead atoms.